The van der Waals surface area contributed by atoms with E-state index in [1.807, 2.05) is 42.5 Å². The molecule has 0 bridgehead atoms. The molecule has 1 N–H and O–H groups in total. The maximum Gasteiger partial charge on any atom is 0.104 e. The Kier molecular flexibility index (Phi) is 3.97. The lowest BCUT2D eigenvalue weighted by molar-refractivity contribution is 0.219. The average molecular weight is 291 g/mol. The molecule has 0 spiro atoms. The summed E-state index contributed by atoms with van der Waals surface area (Å²) in [5.41, 5.74) is 3.10. The van der Waals surface area contributed by atoms with Crippen LogP contribution in [0.1, 0.15) is 29.7 Å². The molecule has 2 heteroatoms. The molecule has 0 aliphatic carbocycles. The molecule has 88 valence electrons. The minimum atomic E-state index is -0.552. The first kappa shape index (κ1) is 12.3. The Morgan fingerprint density at radius 3 is 2.59 bits per heavy atom. The zero-order chi connectivity index (χ0) is 12.3. The minimum Gasteiger partial charge on any atom is -0.384 e. The van der Waals surface area contributed by atoms with Gasteiger partial charge in [0.1, 0.15) is 6.10 Å². The third-order valence-electron chi connectivity index (χ3n) is 2.89. The molecule has 17 heavy (non-hydrogen) atoms. The standard InChI is InChI=1S/C15H15BrO/c1-2-11-6-3-4-9-14(11)15(17)12-7-5-8-13(16)10-12/h3-10,15,17H,2H2,1H3. The quantitative estimate of drug-likeness (QED) is 0.903. The molecule has 0 aromatic heterocycles. The van der Waals surface area contributed by atoms with E-state index in [9.17, 15) is 5.11 Å². The molecular weight excluding hydrogens is 276 g/mol. The van der Waals surface area contributed by atoms with E-state index in [2.05, 4.69) is 28.9 Å². The summed E-state index contributed by atoms with van der Waals surface area (Å²) >= 11 is 3.43. The second-order valence-corrected chi connectivity index (χ2v) is 4.93. The molecule has 2 aromatic carbocycles. The van der Waals surface area contributed by atoms with Crippen LogP contribution in [-0.4, -0.2) is 5.11 Å². The van der Waals surface area contributed by atoms with Gasteiger partial charge in [-0.1, -0.05) is 59.3 Å². The van der Waals surface area contributed by atoms with E-state index in [4.69, 9.17) is 0 Å². The van der Waals surface area contributed by atoms with Crippen LogP contribution in [0.15, 0.2) is 53.0 Å². The van der Waals surface area contributed by atoms with Crippen molar-refractivity contribution in [3.05, 3.63) is 69.7 Å². The Balaban J connectivity index is 2.40. The van der Waals surface area contributed by atoms with Gasteiger partial charge in [-0.25, -0.2) is 0 Å². The lowest BCUT2D eigenvalue weighted by Gasteiger charge is -2.15. The van der Waals surface area contributed by atoms with Gasteiger partial charge in [-0.05, 0) is 35.2 Å². The van der Waals surface area contributed by atoms with Crippen LogP contribution in [0.2, 0.25) is 0 Å². The molecule has 2 rings (SSSR count). The van der Waals surface area contributed by atoms with Gasteiger partial charge < -0.3 is 5.11 Å². The molecule has 1 nitrogen and oxygen atoms in total. The van der Waals surface area contributed by atoms with Gasteiger partial charge in [0.05, 0.1) is 0 Å². The third kappa shape index (κ3) is 2.76. The van der Waals surface area contributed by atoms with Crippen molar-refractivity contribution >= 4 is 15.9 Å². The van der Waals surface area contributed by atoms with Crippen molar-refractivity contribution in [2.75, 3.05) is 0 Å². The Labute approximate surface area is 110 Å². The first-order valence-electron chi connectivity index (χ1n) is 5.73. The van der Waals surface area contributed by atoms with E-state index in [1.165, 1.54) is 5.56 Å². The molecule has 0 radical (unpaired) electrons. The fourth-order valence-corrected chi connectivity index (χ4v) is 2.40. The topological polar surface area (TPSA) is 20.2 Å². The molecule has 0 aliphatic rings. The molecule has 0 fully saturated rings. The van der Waals surface area contributed by atoms with Gasteiger partial charge in [-0.2, -0.15) is 0 Å². The van der Waals surface area contributed by atoms with E-state index < -0.39 is 6.10 Å². The fourth-order valence-electron chi connectivity index (χ4n) is 1.98. The summed E-state index contributed by atoms with van der Waals surface area (Å²) in [7, 11) is 0. The number of hydrogen-bond acceptors (Lipinski definition) is 1. The van der Waals surface area contributed by atoms with Crippen LogP contribution in [0, 0.1) is 0 Å². The summed E-state index contributed by atoms with van der Waals surface area (Å²) in [5.74, 6) is 0. The first-order valence-corrected chi connectivity index (χ1v) is 6.53. The van der Waals surface area contributed by atoms with Crippen molar-refractivity contribution in [3.63, 3.8) is 0 Å². The maximum atomic E-state index is 10.4. The predicted molar refractivity (Wildman–Crippen MR) is 74.0 cm³/mol. The molecule has 1 atom stereocenters. The Bertz CT molecular complexity index is 508. The molecule has 1 unspecified atom stereocenters. The molecule has 0 saturated carbocycles. The lowest BCUT2D eigenvalue weighted by Crippen LogP contribution is -2.03. The average Bonchev–Trinajstić information content (AvgIpc) is 2.38. The highest BCUT2D eigenvalue weighted by Gasteiger charge is 2.13. The van der Waals surface area contributed by atoms with Crippen LogP contribution >= 0.6 is 15.9 Å². The number of benzene rings is 2. The van der Waals surface area contributed by atoms with E-state index in [0.29, 0.717) is 0 Å². The summed E-state index contributed by atoms with van der Waals surface area (Å²) in [5, 5.41) is 10.4. The van der Waals surface area contributed by atoms with Crippen LogP contribution in [0.5, 0.6) is 0 Å². The van der Waals surface area contributed by atoms with Crippen LogP contribution in [0.25, 0.3) is 0 Å². The van der Waals surface area contributed by atoms with Crippen molar-refractivity contribution in [1.29, 1.82) is 0 Å². The van der Waals surface area contributed by atoms with E-state index in [-0.39, 0.29) is 0 Å². The van der Waals surface area contributed by atoms with Crippen molar-refractivity contribution in [2.24, 2.45) is 0 Å². The summed E-state index contributed by atoms with van der Waals surface area (Å²) in [4.78, 5) is 0. The Hall–Kier alpha value is -1.12. The van der Waals surface area contributed by atoms with Gasteiger partial charge in [-0.3, -0.25) is 0 Å². The van der Waals surface area contributed by atoms with Crippen LogP contribution in [0.4, 0.5) is 0 Å². The number of halogens is 1. The molecule has 0 saturated heterocycles. The van der Waals surface area contributed by atoms with Gasteiger partial charge in [0, 0.05) is 4.47 Å². The third-order valence-corrected chi connectivity index (χ3v) is 3.39. The summed E-state index contributed by atoms with van der Waals surface area (Å²) in [6.45, 7) is 2.10. The zero-order valence-corrected chi connectivity index (χ0v) is 11.3. The number of aliphatic hydroxyl groups excluding tert-OH is 1. The molecular formula is C15H15BrO. The zero-order valence-electron chi connectivity index (χ0n) is 9.73. The Morgan fingerprint density at radius 2 is 1.88 bits per heavy atom. The van der Waals surface area contributed by atoms with Crippen LogP contribution < -0.4 is 0 Å². The number of hydrogen-bond donors (Lipinski definition) is 1. The second-order valence-electron chi connectivity index (χ2n) is 4.01. The fraction of sp³-hybridized carbons (Fsp3) is 0.200. The molecule has 0 amide bonds. The SMILES string of the molecule is CCc1ccccc1C(O)c1cccc(Br)c1. The van der Waals surface area contributed by atoms with Gasteiger partial charge in [0.2, 0.25) is 0 Å². The van der Waals surface area contributed by atoms with Crippen molar-refractivity contribution < 1.29 is 5.11 Å². The minimum absolute atomic E-state index is 0.552. The smallest absolute Gasteiger partial charge is 0.104 e. The highest BCUT2D eigenvalue weighted by atomic mass is 79.9. The van der Waals surface area contributed by atoms with Crippen molar-refractivity contribution in [1.82, 2.24) is 0 Å². The second kappa shape index (κ2) is 5.48. The van der Waals surface area contributed by atoms with Crippen LogP contribution in [0.3, 0.4) is 0 Å². The van der Waals surface area contributed by atoms with E-state index >= 15 is 0 Å². The summed E-state index contributed by atoms with van der Waals surface area (Å²) in [6, 6.07) is 15.8. The highest BCUT2D eigenvalue weighted by Crippen LogP contribution is 2.26. The van der Waals surface area contributed by atoms with E-state index in [0.717, 1.165) is 22.0 Å². The normalized spacial score (nSPS) is 12.4. The Morgan fingerprint density at radius 1 is 1.12 bits per heavy atom. The number of aliphatic hydroxyl groups is 1. The van der Waals surface area contributed by atoms with Gasteiger partial charge >= 0.3 is 0 Å². The lowest BCUT2D eigenvalue weighted by atomic mass is 9.96. The van der Waals surface area contributed by atoms with Gasteiger partial charge in [0.15, 0.2) is 0 Å². The summed E-state index contributed by atoms with van der Waals surface area (Å²) < 4.78 is 0.989. The largest absolute Gasteiger partial charge is 0.384 e. The van der Waals surface area contributed by atoms with Crippen LogP contribution in [-0.2, 0) is 6.42 Å². The number of rotatable bonds is 3. The molecule has 2 aromatic rings. The summed E-state index contributed by atoms with van der Waals surface area (Å²) in [6.07, 6.45) is 0.380. The van der Waals surface area contributed by atoms with Crippen molar-refractivity contribution in [2.45, 2.75) is 19.4 Å². The van der Waals surface area contributed by atoms with Gasteiger partial charge in [0.25, 0.3) is 0 Å². The maximum absolute atomic E-state index is 10.4. The first-order chi connectivity index (χ1) is 8.22. The predicted octanol–water partition coefficient (Wildman–Crippen LogP) is 4.09. The number of aryl methyl sites for hydroxylation is 1. The van der Waals surface area contributed by atoms with Crippen molar-refractivity contribution in [3.8, 4) is 0 Å². The highest BCUT2D eigenvalue weighted by molar-refractivity contribution is 9.10. The molecule has 0 heterocycles. The monoisotopic (exact) mass is 290 g/mol. The van der Waals surface area contributed by atoms with E-state index in [1.54, 1.807) is 0 Å². The van der Waals surface area contributed by atoms with Gasteiger partial charge in [-0.15, -0.1) is 0 Å². The molecule has 0 aliphatic heterocycles.